The zero-order chi connectivity index (χ0) is 14.8. The minimum atomic E-state index is -4.14. The van der Waals surface area contributed by atoms with Crippen LogP contribution in [0.4, 0.5) is 19.0 Å². The molecule has 0 spiro atoms. The molecule has 3 nitrogen and oxygen atoms in total. The minimum Gasteiger partial charge on any atom is -0.359 e. The zero-order valence-electron chi connectivity index (χ0n) is 11.2. The lowest BCUT2D eigenvalue weighted by atomic mass is 10.2. The highest BCUT2D eigenvalue weighted by molar-refractivity contribution is 9.10. The van der Waals surface area contributed by atoms with E-state index in [1.807, 2.05) is 6.07 Å². The second-order valence-corrected chi connectivity index (χ2v) is 5.99. The van der Waals surface area contributed by atoms with Crippen molar-refractivity contribution in [2.24, 2.45) is 0 Å². The zero-order valence-corrected chi connectivity index (χ0v) is 12.8. The second-order valence-electron chi connectivity index (χ2n) is 5.08. The molecule has 0 amide bonds. The number of aromatic nitrogens is 1. The Bertz CT molecular complexity index is 461. The van der Waals surface area contributed by atoms with Crippen molar-refractivity contribution in [3.05, 3.63) is 22.3 Å². The third kappa shape index (κ3) is 4.94. The maximum atomic E-state index is 12.3. The third-order valence-electron chi connectivity index (χ3n) is 3.16. The van der Waals surface area contributed by atoms with Crippen LogP contribution in [0.5, 0.6) is 0 Å². The molecule has 0 aromatic carbocycles. The molecule has 0 atom stereocenters. The van der Waals surface area contributed by atoms with Crippen molar-refractivity contribution >= 4 is 21.7 Å². The van der Waals surface area contributed by atoms with Crippen molar-refractivity contribution in [3.63, 3.8) is 0 Å². The van der Waals surface area contributed by atoms with E-state index in [0.717, 1.165) is 10.0 Å². The van der Waals surface area contributed by atoms with Crippen LogP contribution in [0.3, 0.4) is 0 Å². The first-order chi connectivity index (χ1) is 9.35. The van der Waals surface area contributed by atoms with Gasteiger partial charge in [0.2, 0.25) is 0 Å². The lowest BCUT2D eigenvalue weighted by Gasteiger charge is -2.22. The Kier molecular flexibility index (Phi) is 4.90. The number of pyridine rings is 1. The highest BCUT2D eigenvalue weighted by Gasteiger charge is 2.28. The summed E-state index contributed by atoms with van der Waals surface area (Å²) in [6, 6.07) is 2.45. The maximum Gasteiger partial charge on any atom is 0.390 e. The maximum absolute atomic E-state index is 12.3. The van der Waals surface area contributed by atoms with Crippen LogP contribution < -0.4 is 10.2 Å². The molecule has 0 bridgehead atoms. The molecule has 1 fully saturated rings. The predicted molar refractivity (Wildman–Crippen MR) is 75.7 cm³/mol. The predicted octanol–water partition coefficient (Wildman–Crippen LogP) is 3.48. The Morgan fingerprint density at radius 3 is 2.75 bits per heavy atom. The summed E-state index contributed by atoms with van der Waals surface area (Å²) in [6.07, 6.45) is -1.03. The van der Waals surface area contributed by atoms with Gasteiger partial charge < -0.3 is 10.2 Å². The number of anilines is 1. The summed E-state index contributed by atoms with van der Waals surface area (Å²) in [7, 11) is 1.64. The van der Waals surface area contributed by atoms with Gasteiger partial charge in [-0.1, -0.05) is 0 Å². The quantitative estimate of drug-likeness (QED) is 0.850. The first-order valence-corrected chi connectivity index (χ1v) is 7.30. The Morgan fingerprint density at radius 2 is 2.15 bits per heavy atom. The summed E-state index contributed by atoms with van der Waals surface area (Å²) >= 11 is 3.35. The van der Waals surface area contributed by atoms with Gasteiger partial charge >= 0.3 is 6.18 Å². The first-order valence-electron chi connectivity index (χ1n) is 6.51. The molecule has 0 unspecified atom stereocenters. The van der Waals surface area contributed by atoms with Crippen LogP contribution >= 0.6 is 15.9 Å². The summed E-state index contributed by atoms with van der Waals surface area (Å²) in [6.45, 7) is 0.539. The summed E-state index contributed by atoms with van der Waals surface area (Å²) in [5.74, 6) is 0.602. The van der Waals surface area contributed by atoms with E-state index in [1.54, 1.807) is 18.1 Å². The van der Waals surface area contributed by atoms with Crippen molar-refractivity contribution in [2.45, 2.75) is 38.0 Å². The third-order valence-corrected chi connectivity index (χ3v) is 3.59. The standard InChI is InChI=1S/C13H17BrF3N3/c1-20(5-4-13(15,16)17)12-9(6-10(14)8-19-12)7-18-11-2-3-11/h6,8,11,18H,2-5,7H2,1H3. The molecule has 1 saturated carbocycles. The van der Waals surface area contributed by atoms with Gasteiger partial charge in [-0.3, -0.25) is 0 Å². The van der Waals surface area contributed by atoms with Gasteiger partial charge in [0.1, 0.15) is 5.82 Å². The van der Waals surface area contributed by atoms with E-state index < -0.39 is 12.6 Å². The van der Waals surface area contributed by atoms with E-state index >= 15 is 0 Å². The van der Waals surface area contributed by atoms with E-state index in [9.17, 15) is 13.2 Å². The Labute approximate surface area is 124 Å². The molecule has 1 aliphatic carbocycles. The number of rotatable bonds is 6. The van der Waals surface area contributed by atoms with Crippen molar-refractivity contribution in [2.75, 3.05) is 18.5 Å². The van der Waals surface area contributed by atoms with Crippen LogP contribution in [0.1, 0.15) is 24.8 Å². The highest BCUT2D eigenvalue weighted by Crippen LogP contribution is 2.26. The first kappa shape index (κ1) is 15.6. The fourth-order valence-corrected chi connectivity index (χ4v) is 2.27. The van der Waals surface area contributed by atoms with Crippen LogP contribution in [-0.2, 0) is 6.54 Å². The fraction of sp³-hybridized carbons (Fsp3) is 0.615. The summed E-state index contributed by atoms with van der Waals surface area (Å²) in [5.41, 5.74) is 0.913. The summed E-state index contributed by atoms with van der Waals surface area (Å²) in [4.78, 5) is 5.81. The number of hydrogen-bond acceptors (Lipinski definition) is 3. The Balaban J connectivity index is 2.03. The van der Waals surface area contributed by atoms with Crippen LogP contribution in [0.2, 0.25) is 0 Å². The number of alkyl halides is 3. The molecule has 20 heavy (non-hydrogen) atoms. The molecule has 7 heteroatoms. The van der Waals surface area contributed by atoms with Crippen molar-refractivity contribution in [3.8, 4) is 0 Å². The van der Waals surface area contributed by atoms with E-state index in [0.29, 0.717) is 18.4 Å². The number of hydrogen-bond donors (Lipinski definition) is 1. The van der Waals surface area contributed by atoms with Gasteiger partial charge in [-0.05, 0) is 34.8 Å². The lowest BCUT2D eigenvalue weighted by molar-refractivity contribution is -0.132. The monoisotopic (exact) mass is 351 g/mol. The van der Waals surface area contributed by atoms with Gasteiger partial charge in [-0.2, -0.15) is 13.2 Å². The van der Waals surface area contributed by atoms with Gasteiger partial charge in [0.05, 0.1) is 6.42 Å². The summed E-state index contributed by atoms with van der Waals surface area (Å²) < 4.78 is 37.7. The summed E-state index contributed by atoms with van der Waals surface area (Å²) in [5, 5.41) is 3.36. The average molecular weight is 352 g/mol. The van der Waals surface area contributed by atoms with Crippen LogP contribution in [0.25, 0.3) is 0 Å². The average Bonchev–Trinajstić information content (AvgIpc) is 3.16. The van der Waals surface area contributed by atoms with Gasteiger partial charge in [-0.15, -0.1) is 0 Å². The molecule has 1 aromatic heterocycles. The second kappa shape index (κ2) is 6.30. The van der Waals surface area contributed by atoms with E-state index in [2.05, 4.69) is 26.2 Å². The fourth-order valence-electron chi connectivity index (χ4n) is 1.89. The topological polar surface area (TPSA) is 28.2 Å². The van der Waals surface area contributed by atoms with E-state index in [4.69, 9.17) is 0 Å². The smallest absolute Gasteiger partial charge is 0.359 e. The van der Waals surface area contributed by atoms with E-state index in [1.165, 1.54) is 12.8 Å². The van der Waals surface area contributed by atoms with E-state index in [-0.39, 0.29) is 6.54 Å². The lowest BCUT2D eigenvalue weighted by Crippen LogP contribution is -2.27. The molecular formula is C13H17BrF3N3. The number of nitrogens with zero attached hydrogens (tertiary/aromatic N) is 2. The molecular weight excluding hydrogens is 335 g/mol. The SMILES string of the molecule is CN(CCC(F)(F)F)c1ncc(Br)cc1CNC1CC1. The molecule has 1 aliphatic rings. The van der Waals surface area contributed by atoms with Gasteiger partial charge in [0.15, 0.2) is 0 Å². The van der Waals surface area contributed by atoms with Gasteiger partial charge in [0, 0.05) is 42.4 Å². The van der Waals surface area contributed by atoms with Crippen molar-refractivity contribution < 1.29 is 13.2 Å². The number of halogens is 4. The molecule has 1 heterocycles. The molecule has 0 aliphatic heterocycles. The minimum absolute atomic E-state index is 0.0887. The van der Waals surface area contributed by atoms with Crippen molar-refractivity contribution in [1.82, 2.24) is 10.3 Å². The van der Waals surface area contributed by atoms with Crippen LogP contribution in [0.15, 0.2) is 16.7 Å². The molecule has 112 valence electrons. The molecule has 0 saturated heterocycles. The Morgan fingerprint density at radius 1 is 1.45 bits per heavy atom. The van der Waals surface area contributed by atoms with Gasteiger partial charge in [0.25, 0.3) is 0 Å². The molecule has 1 aromatic rings. The molecule has 1 N–H and O–H groups in total. The number of nitrogens with one attached hydrogen (secondary N) is 1. The Hall–Kier alpha value is -0.820. The van der Waals surface area contributed by atoms with Gasteiger partial charge in [-0.25, -0.2) is 4.98 Å². The van der Waals surface area contributed by atoms with Crippen molar-refractivity contribution in [1.29, 1.82) is 0 Å². The van der Waals surface area contributed by atoms with Crippen LogP contribution in [0, 0.1) is 0 Å². The molecule has 2 rings (SSSR count). The van der Waals surface area contributed by atoms with Crippen LogP contribution in [-0.4, -0.2) is 30.8 Å². The normalized spacial score (nSPS) is 15.4. The largest absolute Gasteiger partial charge is 0.390 e. The highest BCUT2D eigenvalue weighted by atomic mass is 79.9. The molecule has 0 radical (unpaired) electrons.